The topological polar surface area (TPSA) is 113 Å². The predicted molar refractivity (Wildman–Crippen MR) is 133 cm³/mol. The van der Waals surface area contributed by atoms with Gasteiger partial charge in [0.15, 0.2) is 0 Å². The molecule has 0 saturated carbocycles. The Kier molecular flexibility index (Phi) is 7.05. The van der Waals surface area contributed by atoms with Crippen molar-refractivity contribution in [3.63, 3.8) is 0 Å². The minimum absolute atomic E-state index is 0.0146. The SMILES string of the molecule is CCCOC(=O)c1ccc(N2C(=O)C(=O)/C(=C(/O)c3ccc(OC)cc3)C2c2ccc(O)cc2)cc1. The smallest absolute Gasteiger partial charge is 0.338 e. The third kappa shape index (κ3) is 4.65. The summed E-state index contributed by atoms with van der Waals surface area (Å²) in [6.45, 7) is 2.18. The standard InChI is InChI=1S/C28H25NO7/c1-3-16-36-28(34)19-4-10-20(11-5-19)29-24(17-6-12-21(30)13-7-17)23(26(32)27(29)33)25(31)18-8-14-22(35-2)15-9-18/h4-15,24,30-31H,3,16H2,1-2H3/b25-23+. The van der Waals surface area contributed by atoms with Gasteiger partial charge in [0, 0.05) is 11.3 Å². The Labute approximate surface area is 208 Å². The number of methoxy groups -OCH3 is 1. The van der Waals surface area contributed by atoms with Crippen molar-refractivity contribution in [2.24, 2.45) is 0 Å². The quantitative estimate of drug-likeness (QED) is 0.217. The second-order valence-electron chi connectivity index (χ2n) is 8.17. The van der Waals surface area contributed by atoms with E-state index in [1.165, 1.54) is 36.3 Å². The number of ether oxygens (including phenoxy) is 2. The number of anilines is 1. The van der Waals surface area contributed by atoms with Gasteiger partial charge in [-0.15, -0.1) is 0 Å². The van der Waals surface area contributed by atoms with Crippen LogP contribution in [-0.2, 0) is 14.3 Å². The first-order chi connectivity index (χ1) is 17.3. The minimum atomic E-state index is -0.967. The number of phenolic OH excluding ortho intramolecular Hbond substituents is 1. The van der Waals surface area contributed by atoms with Crippen LogP contribution in [0.2, 0.25) is 0 Å². The monoisotopic (exact) mass is 487 g/mol. The molecule has 3 aromatic carbocycles. The van der Waals surface area contributed by atoms with Gasteiger partial charge in [-0.2, -0.15) is 0 Å². The number of nitrogens with zero attached hydrogens (tertiary/aromatic N) is 1. The average Bonchev–Trinajstić information content (AvgIpc) is 3.17. The van der Waals surface area contributed by atoms with E-state index >= 15 is 0 Å². The molecule has 1 atom stereocenters. The number of hydrogen-bond donors (Lipinski definition) is 2. The van der Waals surface area contributed by atoms with Crippen LogP contribution in [0, 0.1) is 0 Å². The van der Waals surface area contributed by atoms with E-state index in [-0.39, 0.29) is 17.1 Å². The summed E-state index contributed by atoms with van der Waals surface area (Å²) >= 11 is 0. The van der Waals surface area contributed by atoms with Crippen LogP contribution in [0.25, 0.3) is 5.76 Å². The van der Waals surface area contributed by atoms with Crippen molar-refractivity contribution >= 4 is 29.1 Å². The molecule has 1 heterocycles. The van der Waals surface area contributed by atoms with E-state index < -0.39 is 23.7 Å². The fourth-order valence-electron chi connectivity index (χ4n) is 4.01. The number of amides is 1. The molecule has 0 spiro atoms. The van der Waals surface area contributed by atoms with Crippen molar-refractivity contribution in [3.8, 4) is 11.5 Å². The van der Waals surface area contributed by atoms with E-state index in [1.54, 1.807) is 48.5 Å². The molecular weight excluding hydrogens is 462 g/mol. The molecule has 2 N–H and O–H groups in total. The van der Waals surface area contributed by atoms with Crippen molar-refractivity contribution < 1.29 is 34.1 Å². The maximum Gasteiger partial charge on any atom is 0.338 e. The Bertz CT molecular complexity index is 1310. The zero-order chi connectivity index (χ0) is 25.8. The van der Waals surface area contributed by atoms with Gasteiger partial charge in [-0.05, 0) is 72.6 Å². The number of esters is 1. The van der Waals surface area contributed by atoms with Crippen molar-refractivity contribution in [2.45, 2.75) is 19.4 Å². The van der Waals surface area contributed by atoms with Crippen molar-refractivity contribution in [1.82, 2.24) is 0 Å². The molecule has 0 aliphatic carbocycles. The summed E-state index contributed by atoms with van der Waals surface area (Å²) in [6.07, 6.45) is 0.690. The van der Waals surface area contributed by atoms with E-state index in [0.29, 0.717) is 41.2 Å². The number of aromatic hydroxyl groups is 1. The molecule has 0 bridgehead atoms. The van der Waals surface area contributed by atoms with E-state index in [2.05, 4.69) is 0 Å². The minimum Gasteiger partial charge on any atom is -0.508 e. The summed E-state index contributed by atoms with van der Waals surface area (Å²) in [5.74, 6) is -1.92. The van der Waals surface area contributed by atoms with Gasteiger partial charge in [0.25, 0.3) is 11.7 Å². The highest BCUT2D eigenvalue weighted by Crippen LogP contribution is 2.42. The van der Waals surface area contributed by atoms with E-state index in [4.69, 9.17) is 9.47 Å². The van der Waals surface area contributed by atoms with Gasteiger partial charge < -0.3 is 19.7 Å². The third-order valence-corrected chi connectivity index (χ3v) is 5.84. The number of rotatable bonds is 7. The molecule has 0 radical (unpaired) electrons. The van der Waals surface area contributed by atoms with Crippen LogP contribution in [-0.4, -0.2) is 41.6 Å². The molecule has 184 valence electrons. The molecule has 3 aromatic rings. The number of ketones is 1. The summed E-state index contributed by atoms with van der Waals surface area (Å²) < 4.78 is 10.3. The van der Waals surface area contributed by atoms with Gasteiger partial charge in [-0.25, -0.2) is 4.79 Å². The lowest BCUT2D eigenvalue weighted by molar-refractivity contribution is -0.132. The maximum absolute atomic E-state index is 13.2. The normalized spacial score (nSPS) is 16.7. The molecule has 1 unspecified atom stereocenters. The lowest BCUT2D eigenvalue weighted by atomic mass is 9.95. The number of aliphatic hydroxyl groups excluding tert-OH is 1. The lowest BCUT2D eigenvalue weighted by Gasteiger charge is -2.25. The van der Waals surface area contributed by atoms with Crippen molar-refractivity contribution in [2.75, 3.05) is 18.6 Å². The fourth-order valence-corrected chi connectivity index (χ4v) is 4.01. The summed E-state index contributed by atoms with van der Waals surface area (Å²) in [5, 5.41) is 20.9. The first kappa shape index (κ1) is 24.5. The number of Topliss-reactive ketones (excluding diaryl/α,β-unsaturated/α-hetero) is 1. The van der Waals surface area contributed by atoms with Crippen molar-refractivity contribution in [3.05, 3.63) is 95.1 Å². The van der Waals surface area contributed by atoms with Crippen LogP contribution in [0.15, 0.2) is 78.4 Å². The molecule has 8 nitrogen and oxygen atoms in total. The van der Waals surface area contributed by atoms with E-state index in [0.717, 1.165) is 0 Å². The maximum atomic E-state index is 13.2. The fraction of sp³-hybridized carbons (Fsp3) is 0.179. The summed E-state index contributed by atoms with van der Waals surface area (Å²) in [4.78, 5) is 39.9. The van der Waals surface area contributed by atoms with Crippen LogP contribution in [0.5, 0.6) is 11.5 Å². The van der Waals surface area contributed by atoms with Crippen LogP contribution in [0.3, 0.4) is 0 Å². The van der Waals surface area contributed by atoms with Crippen LogP contribution >= 0.6 is 0 Å². The zero-order valence-electron chi connectivity index (χ0n) is 19.8. The molecule has 4 rings (SSSR count). The zero-order valence-corrected chi connectivity index (χ0v) is 19.8. The number of carbonyl (C=O) groups is 3. The van der Waals surface area contributed by atoms with Gasteiger partial charge in [0.05, 0.1) is 30.9 Å². The molecule has 1 aliphatic rings. The van der Waals surface area contributed by atoms with E-state index in [9.17, 15) is 24.6 Å². The average molecular weight is 488 g/mol. The predicted octanol–water partition coefficient (Wildman–Crippen LogP) is 4.59. The van der Waals surface area contributed by atoms with Gasteiger partial charge in [0.2, 0.25) is 0 Å². The van der Waals surface area contributed by atoms with Gasteiger partial charge in [-0.3, -0.25) is 14.5 Å². The first-order valence-corrected chi connectivity index (χ1v) is 11.4. The summed E-state index contributed by atoms with van der Waals surface area (Å²) in [6, 6.07) is 17.7. The Morgan fingerprint density at radius 1 is 0.917 bits per heavy atom. The second kappa shape index (κ2) is 10.4. The summed E-state index contributed by atoms with van der Waals surface area (Å²) in [5.41, 5.74) is 1.42. The molecule has 1 aliphatic heterocycles. The van der Waals surface area contributed by atoms with Gasteiger partial charge in [0.1, 0.15) is 17.3 Å². The molecule has 36 heavy (non-hydrogen) atoms. The number of carbonyl (C=O) groups excluding carboxylic acids is 3. The molecule has 8 heteroatoms. The molecule has 0 aromatic heterocycles. The van der Waals surface area contributed by atoms with Gasteiger partial charge >= 0.3 is 5.97 Å². The van der Waals surface area contributed by atoms with Crippen molar-refractivity contribution in [1.29, 1.82) is 0 Å². The Hall–Kier alpha value is -4.59. The molecule has 1 amide bonds. The number of hydrogen-bond acceptors (Lipinski definition) is 7. The molecule has 1 fully saturated rings. The van der Waals surface area contributed by atoms with Crippen LogP contribution in [0.4, 0.5) is 5.69 Å². The highest BCUT2D eigenvalue weighted by atomic mass is 16.5. The van der Waals surface area contributed by atoms with E-state index in [1.807, 2.05) is 6.92 Å². The first-order valence-electron chi connectivity index (χ1n) is 11.4. The highest BCUT2D eigenvalue weighted by Gasteiger charge is 2.47. The second-order valence-corrected chi connectivity index (χ2v) is 8.17. The summed E-state index contributed by atoms with van der Waals surface area (Å²) in [7, 11) is 1.51. The molecular formula is C28H25NO7. The lowest BCUT2D eigenvalue weighted by Crippen LogP contribution is -2.29. The Balaban J connectivity index is 1.81. The van der Waals surface area contributed by atoms with Crippen LogP contribution < -0.4 is 9.64 Å². The number of phenols is 1. The Morgan fingerprint density at radius 2 is 1.53 bits per heavy atom. The van der Waals surface area contributed by atoms with Crippen LogP contribution in [0.1, 0.15) is 40.9 Å². The largest absolute Gasteiger partial charge is 0.508 e. The third-order valence-electron chi connectivity index (χ3n) is 5.84. The number of aliphatic hydroxyl groups is 1. The van der Waals surface area contributed by atoms with Gasteiger partial charge in [-0.1, -0.05) is 19.1 Å². The molecule has 1 saturated heterocycles. The highest BCUT2D eigenvalue weighted by molar-refractivity contribution is 6.51. The number of benzene rings is 3. The Morgan fingerprint density at radius 3 is 2.11 bits per heavy atom.